The van der Waals surface area contributed by atoms with Gasteiger partial charge < -0.3 is 10.6 Å². The van der Waals surface area contributed by atoms with Crippen molar-refractivity contribution in [1.82, 2.24) is 4.90 Å². The van der Waals surface area contributed by atoms with Crippen molar-refractivity contribution in [2.45, 2.75) is 40.2 Å². The van der Waals surface area contributed by atoms with E-state index in [9.17, 15) is 9.59 Å². The Balaban J connectivity index is 1.65. The summed E-state index contributed by atoms with van der Waals surface area (Å²) >= 11 is 0. The largest absolute Gasteiger partial charge is 0.326 e. The Hall–Kier alpha value is -2.66. The molecule has 0 unspecified atom stereocenters. The van der Waals surface area contributed by atoms with Crippen LogP contribution in [0.1, 0.15) is 48.2 Å². The fourth-order valence-electron chi connectivity index (χ4n) is 3.09. The second-order valence-corrected chi connectivity index (χ2v) is 7.41. The number of anilines is 2. The number of hydrogen-bond acceptors (Lipinski definition) is 3. The summed E-state index contributed by atoms with van der Waals surface area (Å²) in [5, 5.41) is 5.89. The second kappa shape index (κ2) is 9.02. The van der Waals surface area contributed by atoms with Crippen LogP contribution in [-0.2, 0) is 11.3 Å². The Morgan fingerprint density at radius 2 is 1.68 bits per heavy atom. The highest BCUT2D eigenvalue weighted by atomic mass is 16.2. The van der Waals surface area contributed by atoms with Gasteiger partial charge in [0.05, 0.1) is 0 Å². The third-order valence-electron chi connectivity index (χ3n) is 5.22. The molecular weight excluding hydrogens is 350 g/mol. The highest BCUT2D eigenvalue weighted by molar-refractivity contribution is 6.05. The minimum absolute atomic E-state index is 0.0601. The van der Waals surface area contributed by atoms with Gasteiger partial charge in [-0.1, -0.05) is 32.0 Å². The van der Waals surface area contributed by atoms with E-state index in [4.69, 9.17) is 0 Å². The van der Waals surface area contributed by atoms with E-state index >= 15 is 0 Å². The Morgan fingerprint density at radius 3 is 2.29 bits per heavy atom. The van der Waals surface area contributed by atoms with Gasteiger partial charge in [0, 0.05) is 29.4 Å². The lowest BCUT2D eigenvalue weighted by Crippen LogP contribution is -2.22. The van der Waals surface area contributed by atoms with Crippen LogP contribution in [-0.4, -0.2) is 29.8 Å². The van der Waals surface area contributed by atoms with E-state index in [2.05, 4.69) is 29.4 Å². The summed E-state index contributed by atoms with van der Waals surface area (Å²) in [6.45, 7) is 9.13. The van der Waals surface area contributed by atoms with Crippen molar-refractivity contribution in [1.29, 1.82) is 0 Å². The van der Waals surface area contributed by atoms with Crippen LogP contribution in [0.15, 0.2) is 42.5 Å². The summed E-state index contributed by atoms with van der Waals surface area (Å²) < 4.78 is 0. The first-order valence-electron chi connectivity index (χ1n) is 10.0. The molecule has 0 radical (unpaired) electrons. The summed E-state index contributed by atoms with van der Waals surface area (Å²) in [6.07, 6.45) is 1.93. The zero-order chi connectivity index (χ0) is 20.1. The molecule has 28 heavy (non-hydrogen) atoms. The standard InChI is InChI=1S/C23H29N3O2/c1-4-26(5-2)15-17-7-9-18(10-8-17)23(28)25-21-14-20(13-6-16(21)3)24-22(27)19-11-12-19/h6-10,13-14,19H,4-5,11-12,15H2,1-3H3,(H,24,27)(H,25,28). The van der Waals surface area contributed by atoms with Crippen molar-refractivity contribution in [3.63, 3.8) is 0 Å². The van der Waals surface area contributed by atoms with E-state index in [0.29, 0.717) is 16.9 Å². The Morgan fingerprint density at radius 1 is 1.00 bits per heavy atom. The van der Waals surface area contributed by atoms with Crippen molar-refractivity contribution < 1.29 is 9.59 Å². The number of rotatable bonds is 8. The summed E-state index contributed by atoms with van der Waals surface area (Å²) in [5.41, 5.74) is 4.20. The molecule has 1 fully saturated rings. The predicted molar refractivity (Wildman–Crippen MR) is 114 cm³/mol. The highest BCUT2D eigenvalue weighted by Gasteiger charge is 2.29. The summed E-state index contributed by atoms with van der Waals surface area (Å²) in [4.78, 5) is 27.0. The minimum atomic E-state index is -0.150. The van der Waals surface area contributed by atoms with Crippen molar-refractivity contribution in [2.24, 2.45) is 5.92 Å². The molecule has 1 aliphatic rings. The van der Waals surface area contributed by atoms with Crippen LogP contribution in [0.3, 0.4) is 0 Å². The summed E-state index contributed by atoms with van der Waals surface area (Å²) in [7, 11) is 0. The first-order chi connectivity index (χ1) is 13.5. The third-order valence-corrected chi connectivity index (χ3v) is 5.22. The molecule has 1 aliphatic carbocycles. The lowest BCUT2D eigenvalue weighted by atomic mass is 10.1. The molecule has 148 valence electrons. The average molecular weight is 380 g/mol. The zero-order valence-corrected chi connectivity index (χ0v) is 16.9. The zero-order valence-electron chi connectivity index (χ0n) is 16.9. The van der Waals surface area contributed by atoms with Crippen LogP contribution in [0, 0.1) is 12.8 Å². The molecule has 0 aromatic heterocycles. The van der Waals surface area contributed by atoms with E-state index in [1.165, 1.54) is 5.56 Å². The number of hydrogen-bond donors (Lipinski definition) is 2. The quantitative estimate of drug-likeness (QED) is 0.713. The van der Waals surface area contributed by atoms with Gasteiger partial charge in [0.15, 0.2) is 0 Å². The monoisotopic (exact) mass is 379 g/mol. The van der Waals surface area contributed by atoms with Crippen LogP contribution in [0.4, 0.5) is 11.4 Å². The smallest absolute Gasteiger partial charge is 0.255 e. The van der Waals surface area contributed by atoms with Gasteiger partial charge in [-0.25, -0.2) is 0 Å². The van der Waals surface area contributed by atoms with E-state index in [1.54, 1.807) is 0 Å². The van der Waals surface area contributed by atoms with Gasteiger partial charge in [0.2, 0.25) is 5.91 Å². The fraction of sp³-hybridized carbons (Fsp3) is 0.391. The molecule has 0 saturated heterocycles. The molecule has 3 rings (SSSR count). The van der Waals surface area contributed by atoms with Gasteiger partial charge >= 0.3 is 0 Å². The molecule has 2 amide bonds. The lowest BCUT2D eigenvalue weighted by molar-refractivity contribution is -0.117. The number of benzene rings is 2. The average Bonchev–Trinajstić information content (AvgIpc) is 3.54. The molecule has 0 atom stereocenters. The van der Waals surface area contributed by atoms with E-state index in [0.717, 1.165) is 38.0 Å². The molecule has 2 N–H and O–H groups in total. The van der Waals surface area contributed by atoms with Crippen molar-refractivity contribution in [3.8, 4) is 0 Å². The van der Waals surface area contributed by atoms with Gasteiger partial charge in [-0.3, -0.25) is 14.5 Å². The minimum Gasteiger partial charge on any atom is -0.326 e. The van der Waals surface area contributed by atoms with Crippen LogP contribution < -0.4 is 10.6 Å². The van der Waals surface area contributed by atoms with Gasteiger partial charge in [0.1, 0.15) is 0 Å². The molecule has 0 aliphatic heterocycles. The fourth-order valence-corrected chi connectivity index (χ4v) is 3.09. The molecular formula is C23H29N3O2. The normalized spacial score (nSPS) is 13.4. The van der Waals surface area contributed by atoms with Gasteiger partial charge in [-0.05, 0) is 68.2 Å². The summed E-state index contributed by atoms with van der Waals surface area (Å²) in [5.74, 6) is 0.0577. The summed E-state index contributed by atoms with van der Waals surface area (Å²) in [6, 6.07) is 13.3. The van der Waals surface area contributed by atoms with Gasteiger partial charge in [-0.2, -0.15) is 0 Å². The molecule has 5 nitrogen and oxygen atoms in total. The molecule has 5 heteroatoms. The number of nitrogens with zero attached hydrogens (tertiary/aromatic N) is 1. The first kappa shape index (κ1) is 20.1. The maximum absolute atomic E-state index is 12.7. The van der Waals surface area contributed by atoms with Gasteiger partial charge in [-0.15, -0.1) is 0 Å². The maximum Gasteiger partial charge on any atom is 0.255 e. The molecule has 1 saturated carbocycles. The SMILES string of the molecule is CCN(CC)Cc1ccc(C(=O)Nc2cc(NC(=O)C3CC3)ccc2C)cc1. The number of nitrogens with one attached hydrogen (secondary N) is 2. The molecule has 2 aromatic carbocycles. The van der Waals surface area contributed by atoms with Crippen LogP contribution in [0.2, 0.25) is 0 Å². The van der Waals surface area contributed by atoms with E-state index < -0.39 is 0 Å². The van der Waals surface area contributed by atoms with Crippen molar-refractivity contribution >= 4 is 23.2 Å². The van der Waals surface area contributed by atoms with Crippen molar-refractivity contribution in [3.05, 3.63) is 59.2 Å². The highest BCUT2D eigenvalue weighted by Crippen LogP contribution is 2.31. The number of carbonyl (C=O) groups excluding carboxylic acids is 2. The molecule has 0 heterocycles. The Labute approximate surface area is 167 Å². The first-order valence-corrected chi connectivity index (χ1v) is 10.0. The Kier molecular flexibility index (Phi) is 6.47. The van der Waals surface area contributed by atoms with Gasteiger partial charge in [0.25, 0.3) is 5.91 Å². The number of carbonyl (C=O) groups is 2. The maximum atomic E-state index is 12.7. The molecule has 2 aromatic rings. The predicted octanol–water partition coefficient (Wildman–Crippen LogP) is 4.44. The van der Waals surface area contributed by atoms with Crippen LogP contribution in [0.5, 0.6) is 0 Å². The number of aryl methyl sites for hydroxylation is 1. The lowest BCUT2D eigenvalue weighted by Gasteiger charge is -2.18. The van der Waals surface area contributed by atoms with Crippen LogP contribution >= 0.6 is 0 Å². The van der Waals surface area contributed by atoms with E-state index in [1.807, 2.05) is 49.4 Å². The molecule has 0 spiro atoms. The van der Waals surface area contributed by atoms with Crippen LogP contribution in [0.25, 0.3) is 0 Å². The van der Waals surface area contributed by atoms with Crippen molar-refractivity contribution in [2.75, 3.05) is 23.7 Å². The van der Waals surface area contributed by atoms with E-state index in [-0.39, 0.29) is 17.7 Å². The Bertz CT molecular complexity index is 837. The molecule has 0 bridgehead atoms. The topological polar surface area (TPSA) is 61.4 Å². The third kappa shape index (κ3) is 5.20. The second-order valence-electron chi connectivity index (χ2n) is 7.41. The number of amides is 2.